The Hall–Kier alpha value is -2.29. The van der Waals surface area contributed by atoms with Crippen LogP contribution in [0.3, 0.4) is 0 Å². The van der Waals surface area contributed by atoms with Crippen molar-refractivity contribution in [2.24, 2.45) is 0 Å². The first-order valence-corrected chi connectivity index (χ1v) is 9.74. The summed E-state index contributed by atoms with van der Waals surface area (Å²) in [6.07, 6.45) is 5.92. The highest BCUT2D eigenvalue weighted by Crippen LogP contribution is 2.20. The van der Waals surface area contributed by atoms with Gasteiger partial charge in [-0.3, -0.25) is 4.79 Å². The minimum absolute atomic E-state index is 0.0278. The van der Waals surface area contributed by atoms with E-state index in [0.29, 0.717) is 24.1 Å². The lowest BCUT2D eigenvalue weighted by Gasteiger charge is -2.22. The summed E-state index contributed by atoms with van der Waals surface area (Å²) >= 11 is 0. The number of benzene rings is 2. The number of hydrogen-bond donors (Lipinski definition) is 1. The van der Waals surface area contributed by atoms with Crippen molar-refractivity contribution in [3.8, 4) is 5.75 Å². The first-order chi connectivity index (χ1) is 12.6. The Morgan fingerprint density at radius 2 is 1.81 bits per heavy atom. The summed E-state index contributed by atoms with van der Waals surface area (Å²) in [5, 5.41) is 3.17. The second-order valence-electron chi connectivity index (χ2n) is 7.52. The fourth-order valence-electron chi connectivity index (χ4n) is 3.43. The van der Waals surface area contributed by atoms with Gasteiger partial charge >= 0.3 is 0 Å². The van der Waals surface area contributed by atoms with Gasteiger partial charge in [0.15, 0.2) is 0 Å². The molecule has 1 N–H and O–H groups in total. The number of carbonyl (C=O) groups is 1. The third-order valence-corrected chi connectivity index (χ3v) is 5.08. The van der Waals surface area contributed by atoms with Crippen LogP contribution in [0.1, 0.15) is 73.4 Å². The lowest BCUT2D eigenvalue weighted by molar-refractivity contribution is 0.0927. The normalized spacial score (nSPS) is 15.0. The van der Waals surface area contributed by atoms with Gasteiger partial charge in [0.2, 0.25) is 0 Å². The molecule has 0 saturated heterocycles. The minimum Gasteiger partial charge on any atom is -0.489 e. The van der Waals surface area contributed by atoms with Crippen LogP contribution in [0.4, 0.5) is 0 Å². The van der Waals surface area contributed by atoms with Gasteiger partial charge in [-0.05, 0) is 54.2 Å². The van der Waals surface area contributed by atoms with Crippen molar-refractivity contribution < 1.29 is 9.53 Å². The van der Waals surface area contributed by atoms with Crippen LogP contribution in [-0.4, -0.2) is 11.9 Å². The van der Waals surface area contributed by atoms with Gasteiger partial charge in [-0.2, -0.15) is 0 Å². The minimum atomic E-state index is 0.0278. The molecule has 26 heavy (non-hydrogen) atoms. The van der Waals surface area contributed by atoms with E-state index in [1.54, 1.807) is 0 Å². The van der Waals surface area contributed by atoms with Crippen LogP contribution >= 0.6 is 0 Å². The molecule has 1 fully saturated rings. The molecule has 3 nitrogen and oxygen atoms in total. The van der Waals surface area contributed by atoms with Crippen LogP contribution in [0.25, 0.3) is 0 Å². The largest absolute Gasteiger partial charge is 0.489 e. The maximum atomic E-state index is 12.5. The molecule has 1 aliphatic carbocycles. The molecular weight excluding hydrogens is 322 g/mol. The fraction of sp³-hybridized carbons (Fsp3) is 0.435. The van der Waals surface area contributed by atoms with Crippen molar-refractivity contribution in [1.82, 2.24) is 5.32 Å². The highest BCUT2D eigenvalue weighted by atomic mass is 16.5. The number of carbonyl (C=O) groups excluding carboxylic acids is 1. The van der Waals surface area contributed by atoms with E-state index in [2.05, 4.69) is 31.3 Å². The monoisotopic (exact) mass is 351 g/mol. The zero-order valence-corrected chi connectivity index (χ0v) is 15.8. The zero-order chi connectivity index (χ0) is 18.4. The van der Waals surface area contributed by atoms with E-state index in [-0.39, 0.29) is 5.91 Å². The number of nitrogens with one attached hydrogen (secondary N) is 1. The van der Waals surface area contributed by atoms with Gasteiger partial charge in [-0.15, -0.1) is 0 Å². The van der Waals surface area contributed by atoms with Crippen molar-refractivity contribution in [3.05, 3.63) is 65.2 Å². The van der Waals surface area contributed by atoms with Gasteiger partial charge in [-0.1, -0.05) is 57.4 Å². The van der Waals surface area contributed by atoms with E-state index < -0.39 is 0 Å². The third-order valence-electron chi connectivity index (χ3n) is 5.08. The number of amides is 1. The van der Waals surface area contributed by atoms with Crippen LogP contribution in [0.15, 0.2) is 48.5 Å². The Labute approximate surface area is 156 Å². The molecule has 0 spiro atoms. The SMILES string of the molecule is CC(C)c1ccc(OCc2cccc(C(=O)NC3CCCCC3)c2)cc1. The maximum absolute atomic E-state index is 12.5. The standard InChI is InChI=1S/C23H29NO2/c1-17(2)19-11-13-22(14-12-19)26-16-18-7-6-8-20(15-18)23(25)24-21-9-4-3-5-10-21/h6-8,11-15,17,21H,3-5,9-10,16H2,1-2H3,(H,24,25). The van der Waals surface area contributed by atoms with Gasteiger partial charge in [0, 0.05) is 11.6 Å². The Balaban J connectivity index is 1.57. The molecule has 0 heterocycles. The molecular formula is C23H29NO2. The van der Waals surface area contributed by atoms with E-state index in [4.69, 9.17) is 4.74 Å². The Bertz CT molecular complexity index is 715. The second-order valence-corrected chi connectivity index (χ2v) is 7.52. The van der Waals surface area contributed by atoms with E-state index in [9.17, 15) is 4.79 Å². The highest BCUT2D eigenvalue weighted by molar-refractivity contribution is 5.94. The summed E-state index contributed by atoms with van der Waals surface area (Å²) in [6, 6.07) is 16.3. The van der Waals surface area contributed by atoms with Gasteiger partial charge < -0.3 is 10.1 Å². The maximum Gasteiger partial charge on any atom is 0.251 e. The summed E-state index contributed by atoms with van der Waals surface area (Å²) in [5.74, 6) is 1.40. The molecule has 3 rings (SSSR count). The fourth-order valence-corrected chi connectivity index (χ4v) is 3.43. The predicted octanol–water partition coefficient (Wildman–Crippen LogP) is 5.45. The van der Waals surface area contributed by atoms with Crippen LogP contribution < -0.4 is 10.1 Å². The summed E-state index contributed by atoms with van der Waals surface area (Å²) in [6.45, 7) is 4.82. The van der Waals surface area contributed by atoms with E-state index in [1.165, 1.54) is 24.8 Å². The quantitative estimate of drug-likeness (QED) is 0.751. The molecule has 0 radical (unpaired) electrons. The van der Waals surface area contributed by atoms with Crippen molar-refractivity contribution in [1.29, 1.82) is 0 Å². The van der Waals surface area contributed by atoms with E-state index in [1.807, 2.05) is 36.4 Å². The first kappa shape index (κ1) is 18.5. The van der Waals surface area contributed by atoms with Crippen molar-refractivity contribution >= 4 is 5.91 Å². The predicted molar refractivity (Wildman–Crippen MR) is 106 cm³/mol. The molecule has 0 bridgehead atoms. The van der Waals surface area contributed by atoms with Gasteiger partial charge in [0.05, 0.1) is 0 Å². The van der Waals surface area contributed by atoms with E-state index in [0.717, 1.165) is 24.2 Å². The molecule has 1 amide bonds. The van der Waals surface area contributed by atoms with Gasteiger partial charge in [0.1, 0.15) is 12.4 Å². The molecule has 3 heteroatoms. The molecule has 0 unspecified atom stereocenters. The summed E-state index contributed by atoms with van der Waals surface area (Å²) in [7, 11) is 0. The van der Waals surface area contributed by atoms with Gasteiger partial charge in [0.25, 0.3) is 5.91 Å². The molecule has 2 aromatic rings. The molecule has 0 atom stereocenters. The zero-order valence-electron chi connectivity index (χ0n) is 15.8. The highest BCUT2D eigenvalue weighted by Gasteiger charge is 2.16. The number of rotatable bonds is 6. The molecule has 1 saturated carbocycles. The van der Waals surface area contributed by atoms with Crippen LogP contribution in [-0.2, 0) is 6.61 Å². The van der Waals surface area contributed by atoms with Crippen molar-refractivity contribution in [2.45, 2.75) is 64.5 Å². The van der Waals surface area contributed by atoms with E-state index >= 15 is 0 Å². The molecule has 138 valence electrons. The molecule has 0 aliphatic heterocycles. The Morgan fingerprint density at radius 1 is 1.08 bits per heavy atom. The smallest absolute Gasteiger partial charge is 0.251 e. The lowest BCUT2D eigenvalue weighted by Crippen LogP contribution is -2.36. The van der Waals surface area contributed by atoms with Crippen molar-refractivity contribution in [3.63, 3.8) is 0 Å². The van der Waals surface area contributed by atoms with Gasteiger partial charge in [-0.25, -0.2) is 0 Å². The first-order valence-electron chi connectivity index (χ1n) is 9.74. The summed E-state index contributed by atoms with van der Waals surface area (Å²) in [4.78, 5) is 12.5. The van der Waals surface area contributed by atoms with Crippen molar-refractivity contribution in [2.75, 3.05) is 0 Å². The summed E-state index contributed by atoms with van der Waals surface area (Å²) < 4.78 is 5.88. The summed E-state index contributed by atoms with van der Waals surface area (Å²) in [5.41, 5.74) is 3.03. The average molecular weight is 351 g/mol. The Morgan fingerprint density at radius 3 is 2.50 bits per heavy atom. The third kappa shape index (κ3) is 5.10. The second kappa shape index (κ2) is 8.88. The lowest BCUT2D eigenvalue weighted by atomic mass is 9.95. The molecule has 2 aromatic carbocycles. The average Bonchev–Trinajstić information content (AvgIpc) is 2.67. The molecule has 1 aliphatic rings. The molecule has 0 aromatic heterocycles. The van der Waals surface area contributed by atoms with Crippen LogP contribution in [0.5, 0.6) is 5.75 Å². The number of ether oxygens (including phenoxy) is 1. The van der Waals surface area contributed by atoms with Crippen LogP contribution in [0.2, 0.25) is 0 Å². The topological polar surface area (TPSA) is 38.3 Å². The number of hydrogen-bond acceptors (Lipinski definition) is 2. The Kier molecular flexibility index (Phi) is 6.32. The van der Waals surface area contributed by atoms with Crippen LogP contribution in [0, 0.1) is 0 Å².